The van der Waals surface area contributed by atoms with E-state index in [2.05, 4.69) is 35.4 Å². The van der Waals surface area contributed by atoms with Gasteiger partial charge in [-0.1, -0.05) is 13.8 Å². The van der Waals surface area contributed by atoms with Crippen molar-refractivity contribution in [3.8, 4) is 0 Å². The maximum atomic E-state index is 5.94. The van der Waals surface area contributed by atoms with Gasteiger partial charge in [-0.05, 0) is 38.8 Å². The molecular formula is C15H29N5. The van der Waals surface area contributed by atoms with Crippen LogP contribution in [0.25, 0.3) is 0 Å². The Kier molecular flexibility index (Phi) is 5.86. The van der Waals surface area contributed by atoms with Gasteiger partial charge in [0.25, 0.3) is 0 Å². The van der Waals surface area contributed by atoms with Crippen LogP contribution < -0.4 is 11.1 Å². The van der Waals surface area contributed by atoms with E-state index >= 15 is 0 Å². The predicted molar refractivity (Wildman–Crippen MR) is 83.9 cm³/mol. The summed E-state index contributed by atoms with van der Waals surface area (Å²) >= 11 is 0. The Morgan fingerprint density at radius 1 is 1.30 bits per heavy atom. The van der Waals surface area contributed by atoms with Crippen LogP contribution in [0.5, 0.6) is 0 Å². The summed E-state index contributed by atoms with van der Waals surface area (Å²) in [6.45, 7) is 8.63. The molecule has 1 heterocycles. The highest BCUT2D eigenvalue weighted by atomic mass is 15.3. The molecule has 3 N–H and O–H groups in total. The van der Waals surface area contributed by atoms with Gasteiger partial charge in [-0.25, -0.2) is 0 Å². The van der Waals surface area contributed by atoms with E-state index in [1.54, 1.807) is 0 Å². The van der Waals surface area contributed by atoms with Crippen molar-refractivity contribution in [2.45, 2.75) is 58.2 Å². The van der Waals surface area contributed by atoms with Crippen molar-refractivity contribution in [2.75, 3.05) is 25.0 Å². The topological polar surface area (TPSA) is 59.1 Å². The molecule has 1 aromatic rings. The molecule has 1 saturated carbocycles. The highest BCUT2D eigenvalue weighted by Gasteiger charge is 2.18. The van der Waals surface area contributed by atoms with Crippen molar-refractivity contribution < 1.29 is 0 Å². The summed E-state index contributed by atoms with van der Waals surface area (Å²) in [7, 11) is 0. The number of anilines is 1. The van der Waals surface area contributed by atoms with Gasteiger partial charge in [0.1, 0.15) is 0 Å². The molecule has 0 atom stereocenters. The highest BCUT2D eigenvalue weighted by Crippen LogP contribution is 2.20. The molecule has 1 fully saturated rings. The van der Waals surface area contributed by atoms with Crippen LogP contribution in [-0.4, -0.2) is 46.4 Å². The Bertz CT molecular complexity index is 377. The van der Waals surface area contributed by atoms with Gasteiger partial charge in [0, 0.05) is 24.8 Å². The number of likely N-dealkylation sites (N-methyl/N-ethyl adjacent to an activating group) is 1. The van der Waals surface area contributed by atoms with Gasteiger partial charge in [-0.3, -0.25) is 4.68 Å². The summed E-state index contributed by atoms with van der Waals surface area (Å²) in [6, 6.07) is 0.972. The third-order valence-corrected chi connectivity index (χ3v) is 4.32. The first-order valence-corrected chi connectivity index (χ1v) is 7.98. The molecule has 1 aromatic heterocycles. The van der Waals surface area contributed by atoms with Gasteiger partial charge in [0.05, 0.1) is 18.4 Å². The maximum absolute atomic E-state index is 5.94. The first-order chi connectivity index (χ1) is 9.71. The minimum atomic E-state index is 0.407. The van der Waals surface area contributed by atoms with Crippen molar-refractivity contribution in [1.29, 1.82) is 0 Å². The van der Waals surface area contributed by atoms with E-state index < -0.39 is 0 Å². The largest absolute Gasteiger partial charge is 0.380 e. The Labute approximate surface area is 122 Å². The van der Waals surface area contributed by atoms with Crippen LogP contribution in [0.3, 0.4) is 0 Å². The van der Waals surface area contributed by atoms with Gasteiger partial charge in [-0.2, -0.15) is 5.10 Å². The minimum Gasteiger partial charge on any atom is -0.380 e. The lowest BCUT2D eigenvalue weighted by Gasteiger charge is -2.26. The second kappa shape index (κ2) is 7.64. The molecule has 0 unspecified atom stereocenters. The Morgan fingerprint density at radius 3 is 2.65 bits per heavy atom. The van der Waals surface area contributed by atoms with Crippen LogP contribution in [0.4, 0.5) is 5.69 Å². The smallest absolute Gasteiger partial charge is 0.0728 e. The monoisotopic (exact) mass is 279 g/mol. The first-order valence-electron chi connectivity index (χ1n) is 7.98. The number of hydrogen-bond acceptors (Lipinski definition) is 4. The molecule has 0 spiro atoms. The third kappa shape index (κ3) is 4.49. The predicted octanol–water partition coefficient (Wildman–Crippen LogP) is 1.91. The molecule has 5 nitrogen and oxygen atoms in total. The van der Waals surface area contributed by atoms with E-state index in [1.807, 2.05) is 10.9 Å². The van der Waals surface area contributed by atoms with E-state index in [0.29, 0.717) is 12.1 Å². The standard InChI is InChI=1S/C15H29N5/c1-3-19(4-2)9-10-20-12-15(11-17-20)18-14-7-5-13(16)6-8-14/h11-14,18H,3-10,16H2,1-2H3. The lowest BCUT2D eigenvalue weighted by molar-refractivity contribution is 0.285. The molecule has 0 saturated heterocycles. The molecule has 0 aromatic carbocycles. The van der Waals surface area contributed by atoms with Crippen LogP contribution >= 0.6 is 0 Å². The molecule has 0 bridgehead atoms. The van der Waals surface area contributed by atoms with Crippen molar-refractivity contribution in [3.63, 3.8) is 0 Å². The summed E-state index contributed by atoms with van der Waals surface area (Å²) in [6.07, 6.45) is 8.67. The number of hydrogen-bond donors (Lipinski definition) is 2. The Hall–Kier alpha value is -1.07. The SMILES string of the molecule is CCN(CC)CCn1cc(NC2CCC(N)CC2)cn1. The van der Waals surface area contributed by atoms with E-state index in [-0.39, 0.29) is 0 Å². The lowest BCUT2D eigenvalue weighted by atomic mass is 9.92. The van der Waals surface area contributed by atoms with Crippen LogP contribution in [0.2, 0.25) is 0 Å². The minimum absolute atomic E-state index is 0.407. The van der Waals surface area contributed by atoms with Crippen molar-refractivity contribution in [1.82, 2.24) is 14.7 Å². The third-order valence-electron chi connectivity index (χ3n) is 4.32. The van der Waals surface area contributed by atoms with Gasteiger partial charge in [-0.15, -0.1) is 0 Å². The zero-order valence-electron chi connectivity index (χ0n) is 12.9. The van der Waals surface area contributed by atoms with Gasteiger partial charge in [0.15, 0.2) is 0 Å². The second-order valence-electron chi connectivity index (χ2n) is 5.78. The molecule has 0 aliphatic heterocycles. The molecule has 114 valence electrons. The van der Waals surface area contributed by atoms with E-state index in [1.165, 1.54) is 12.8 Å². The van der Waals surface area contributed by atoms with Gasteiger partial charge >= 0.3 is 0 Å². The second-order valence-corrected chi connectivity index (χ2v) is 5.78. The summed E-state index contributed by atoms with van der Waals surface area (Å²) in [5, 5.41) is 8.02. The molecule has 1 aliphatic carbocycles. The molecule has 0 radical (unpaired) electrons. The summed E-state index contributed by atoms with van der Waals surface area (Å²) in [5.41, 5.74) is 7.08. The zero-order valence-corrected chi connectivity index (χ0v) is 12.9. The lowest BCUT2D eigenvalue weighted by Crippen LogP contribution is -2.32. The van der Waals surface area contributed by atoms with Crippen molar-refractivity contribution in [2.24, 2.45) is 5.73 Å². The van der Waals surface area contributed by atoms with Crippen LogP contribution in [-0.2, 0) is 6.54 Å². The summed E-state index contributed by atoms with van der Waals surface area (Å²) < 4.78 is 2.04. The first kappa shape index (κ1) is 15.3. The molecule has 2 rings (SSSR count). The fourth-order valence-electron chi connectivity index (χ4n) is 2.84. The molecule has 1 aliphatic rings. The normalized spacial score (nSPS) is 23.2. The zero-order chi connectivity index (χ0) is 14.4. The number of aromatic nitrogens is 2. The summed E-state index contributed by atoms with van der Waals surface area (Å²) in [4.78, 5) is 2.41. The molecule has 5 heteroatoms. The average molecular weight is 279 g/mol. The Morgan fingerprint density at radius 2 is 2.00 bits per heavy atom. The van der Waals surface area contributed by atoms with Gasteiger partial charge < -0.3 is 16.0 Å². The van der Waals surface area contributed by atoms with Gasteiger partial charge in [0.2, 0.25) is 0 Å². The van der Waals surface area contributed by atoms with Crippen molar-refractivity contribution in [3.05, 3.63) is 12.4 Å². The number of nitrogens with one attached hydrogen (secondary N) is 1. The highest BCUT2D eigenvalue weighted by molar-refractivity contribution is 5.39. The molecule has 20 heavy (non-hydrogen) atoms. The average Bonchev–Trinajstić information content (AvgIpc) is 2.90. The van der Waals surface area contributed by atoms with E-state index in [0.717, 1.165) is 44.7 Å². The summed E-state index contributed by atoms with van der Waals surface area (Å²) in [5.74, 6) is 0. The van der Waals surface area contributed by atoms with E-state index in [9.17, 15) is 0 Å². The van der Waals surface area contributed by atoms with E-state index in [4.69, 9.17) is 5.73 Å². The number of nitrogens with two attached hydrogens (primary N) is 1. The quantitative estimate of drug-likeness (QED) is 0.800. The fourth-order valence-corrected chi connectivity index (χ4v) is 2.84. The maximum Gasteiger partial charge on any atom is 0.0728 e. The number of nitrogens with zero attached hydrogens (tertiary/aromatic N) is 3. The van der Waals surface area contributed by atoms with Crippen LogP contribution in [0.1, 0.15) is 39.5 Å². The fraction of sp³-hybridized carbons (Fsp3) is 0.800. The Balaban J connectivity index is 1.77. The van der Waals surface area contributed by atoms with Crippen molar-refractivity contribution >= 4 is 5.69 Å². The van der Waals surface area contributed by atoms with Crippen LogP contribution in [0, 0.1) is 0 Å². The van der Waals surface area contributed by atoms with Crippen LogP contribution in [0.15, 0.2) is 12.4 Å². The number of rotatable bonds is 7. The molecular weight excluding hydrogens is 250 g/mol. The molecule has 0 amide bonds.